The largest absolute Gasteiger partial charge is 0.494 e. The second-order valence-electron chi connectivity index (χ2n) is 2.64. The fraction of sp³-hybridized carbons (Fsp3) is 0.300. The molecular formula is C10H13CeNO2. The molecule has 0 saturated carbocycles. The number of hydrogen-bond acceptors (Lipinski definition) is 2. The smallest absolute Gasteiger partial charge is 0.221 e. The average Bonchev–Trinajstić information content (AvgIpc) is 2.08. The molecule has 0 aliphatic rings. The minimum Gasteiger partial charge on any atom is -0.494 e. The van der Waals surface area contributed by atoms with E-state index in [1.165, 1.54) is 6.92 Å². The molecule has 0 unspecified atom stereocenters. The minimum absolute atomic E-state index is 0. The summed E-state index contributed by atoms with van der Waals surface area (Å²) >= 11 is 0. The number of rotatable bonds is 3. The van der Waals surface area contributed by atoms with Gasteiger partial charge in [0.15, 0.2) is 0 Å². The first kappa shape index (κ1) is 13.9. The molecular weight excluding hydrogens is 306 g/mol. The van der Waals surface area contributed by atoms with E-state index in [1.54, 1.807) is 0 Å². The summed E-state index contributed by atoms with van der Waals surface area (Å²) in [5.74, 6) is 0.751. The van der Waals surface area contributed by atoms with E-state index in [0.29, 0.717) is 6.61 Å². The number of anilines is 1. The Morgan fingerprint density at radius 2 is 1.93 bits per heavy atom. The molecule has 1 amide bonds. The van der Waals surface area contributed by atoms with Crippen LogP contribution in [0.3, 0.4) is 0 Å². The summed E-state index contributed by atoms with van der Waals surface area (Å²) in [4.78, 5) is 10.7. The number of carbonyl (C=O) groups excluding carboxylic acids is 1. The van der Waals surface area contributed by atoms with Gasteiger partial charge in [-0.25, -0.2) is 0 Å². The predicted molar refractivity (Wildman–Crippen MR) is 51.9 cm³/mol. The van der Waals surface area contributed by atoms with Crippen molar-refractivity contribution < 1.29 is 51.3 Å². The quantitative estimate of drug-likeness (QED) is 0.926. The fourth-order valence-corrected chi connectivity index (χ4v) is 1.00. The molecule has 0 fully saturated rings. The van der Waals surface area contributed by atoms with Crippen LogP contribution in [0.25, 0.3) is 0 Å². The summed E-state index contributed by atoms with van der Waals surface area (Å²) in [6.07, 6.45) is 0. The van der Waals surface area contributed by atoms with Gasteiger partial charge >= 0.3 is 0 Å². The molecule has 1 N–H and O–H groups in total. The van der Waals surface area contributed by atoms with E-state index >= 15 is 0 Å². The van der Waals surface area contributed by atoms with Crippen molar-refractivity contribution in [2.24, 2.45) is 0 Å². The van der Waals surface area contributed by atoms with Gasteiger partial charge in [-0.1, -0.05) is 0 Å². The zero-order valence-corrected chi connectivity index (χ0v) is 11.5. The topological polar surface area (TPSA) is 38.3 Å². The zero-order chi connectivity index (χ0) is 9.68. The maximum absolute atomic E-state index is 10.7. The molecule has 0 heterocycles. The molecule has 0 saturated heterocycles. The molecule has 0 radical (unpaired) electrons. The van der Waals surface area contributed by atoms with Crippen LogP contribution >= 0.6 is 0 Å². The van der Waals surface area contributed by atoms with Crippen LogP contribution in [0.5, 0.6) is 5.75 Å². The van der Waals surface area contributed by atoms with Crippen LogP contribution in [0.4, 0.5) is 5.69 Å². The number of amides is 1. The molecule has 0 spiro atoms. The maximum atomic E-state index is 10.7. The number of nitrogens with one attached hydrogen (secondary N) is 1. The summed E-state index contributed by atoms with van der Waals surface area (Å²) in [6, 6.07) is 7.28. The third kappa shape index (κ3) is 4.93. The van der Waals surface area contributed by atoms with Crippen molar-refractivity contribution in [3.63, 3.8) is 0 Å². The molecule has 0 aliphatic carbocycles. The number of ether oxygens (including phenoxy) is 1. The zero-order valence-electron chi connectivity index (χ0n) is 8.33. The molecule has 1 rings (SSSR count). The van der Waals surface area contributed by atoms with E-state index < -0.39 is 0 Å². The normalized spacial score (nSPS) is 8.71. The van der Waals surface area contributed by atoms with Gasteiger partial charge in [0.05, 0.1) is 6.61 Å². The van der Waals surface area contributed by atoms with E-state index in [2.05, 4.69) is 5.32 Å². The van der Waals surface area contributed by atoms with Gasteiger partial charge in [-0.2, -0.15) is 0 Å². The van der Waals surface area contributed by atoms with Crippen LogP contribution < -0.4 is 10.1 Å². The molecule has 0 atom stereocenters. The van der Waals surface area contributed by atoms with Gasteiger partial charge in [0.25, 0.3) is 0 Å². The molecule has 0 aromatic heterocycles. The van der Waals surface area contributed by atoms with E-state index in [-0.39, 0.29) is 47.7 Å². The van der Waals surface area contributed by atoms with Gasteiger partial charge in [0, 0.05) is 54.4 Å². The molecule has 1 aromatic carbocycles. The monoisotopic (exact) mass is 319 g/mol. The van der Waals surface area contributed by atoms with Crippen molar-refractivity contribution in [2.75, 3.05) is 11.9 Å². The van der Waals surface area contributed by atoms with Crippen LogP contribution in [-0.4, -0.2) is 12.5 Å². The molecule has 0 aliphatic heterocycles. The summed E-state index contributed by atoms with van der Waals surface area (Å²) < 4.78 is 5.25. The second kappa shape index (κ2) is 7.20. The van der Waals surface area contributed by atoms with Gasteiger partial charge in [0.2, 0.25) is 5.91 Å². The fourth-order valence-electron chi connectivity index (χ4n) is 1.00. The SMILES string of the molecule is CCOc1ccc(NC(C)=O)cc1.[Ce]. The Hall–Kier alpha value is -0.133. The summed E-state index contributed by atoms with van der Waals surface area (Å²) in [6.45, 7) is 4.07. The summed E-state index contributed by atoms with van der Waals surface area (Å²) in [5.41, 5.74) is 0.788. The molecule has 3 nitrogen and oxygen atoms in total. The van der Waals surface area contributed by atoms with Crippen LogP contribution in [0.1, 0.15) is 13.8 Å². The first-order valence-corrected chi connectivity index (χ1v) is 4.23. The van der Waals surface area contributed by atoms with Crippen molar-refractivity contribution >= 4 is 11.6 Å². The third-order valence-electron chi connectivity index (χ3n) is 1.49. The first-order valence-electron chi connectivity index (χ1n) is 4.23. The Morgan fingerprint density at radius 1 is 1.36 bits per heavy atom. The second-order valence-corrected chi connectivity index (χ2v) is 2.64. The Kier molecular flexibility index (Phi) is 7.13. The van der Waals surface area contributed by atoms with Crippen molar-refractivity contribution in [1.82, 2.24) is 0 Å². The van der Waals surface area contributed by atoms with Gasteiger partial charge in [-0.3, -0.25) is 4.79 Å². The van der Waals surface area contributed by atoms with Gasteiger partial charge < -0.3 is 10.1 Å². The predicted octanol–water partition coefficient (Wildman–Crippen LogP) is 2.04. The molecule has 1 aromatic rings. The van der Waals surface area contributed by atoms with Gasteiger partial charge in [-0.05, 0) is 31.2 Å². The Balaban J connectivity index is 0.00000169. The molecule has 0 bridgehead atoms. The Morgan fingerprint density at radius 3 is 2.36 bits per heavy atom. The number of carbonyl (C=O) groups is 1. The van der Waals surface area contributed by atoms with Crippen molar-refractivity contribution in [2.45, 2.75) is 13.8 Å². The molecule has 14 heavy (non-hydrogen) atoms. The number of benzene rings is 1. The van der Waals surface area contributed by atoms with E-state index in [1.807, 2.05) is 31.2 Å². The van der Waals surface area contributed by atoms with Crippen LogP contribution in [0, 0.1) is 41.7 Å². The van der Waals surface area contributed by atoms with Crippen molar-refractivity contribution in [3.05, 3.63) is 24.3 Å². The van der Waals surface area contributed by atoms with Crippen molar-refractivity contribution in [3.8, 4) is 5.75 Å². The van der Waals surface area contributed by atoms with E-state index in [4.69, 9.17) is 4.74 Å². The molecule has 74 valence electrons. The van der Waals surface area contributed by atoms with E-state index in [9.17, 15) is 4.79 Å². The van der Waals surface area contributed by atoms with Crippen LogP contribution in [0.2, 0.25) is 0 Å². The van der Waals surface area contributed by atoms with Crippen LogP contribution in [0.15, 0.2) is 24.3 Å². The minimum atomic E-state index is -0.0656. The summed E-state index contributed by atoms with van der Waals surface area (Å²) in [5, 5.41) is 2.68. The van der Waals surface area contributed by atoms with Crippen molar-refractivity contribution in [1.29, 1.82) is 0 Å². The van der Waals surface area contributed by atoms with Gasteiger partial charge in [0.1, 0.15) is 5.75 Å². The average molecular weight is 319 g/mol. The van der Waals surface area contributed by atoms with Gasteiger partial charge in [-0.15, -0.1) is 0 Å². The standard InChI is InChI=1S/C10H13NO2.Ce/c1-3-13-10-6-4-9(5-7-10)11-8(2)12;/h4-7H,3H2,1-2H3,(H,11,12);. The van der Waals surface area contributed by atoms with Crippen LogP contribution in [-0.2, 0) is 4.79 Å². The van der Waals surface area contributed by atoms with E-state index in [0.717, 1.165) is 11.4 Å². The Bertz CT molecular complexity index is 285. The summed E-state index contributed by atoms with van der Waals surface area (Å²) in [7, 11) is 0. The Labute approximate surface area is 118 Å². The number of hydrogen-bond donors (Lipinski definition) is 1. The molecule has 4 heteroatoms. The third-order valence-corrected chi connectivity index (χ3v) is 1.49. The maximum Gasteiger partial charge on any atom is 0.221 e. The first-order chi connectivity index (χ1) is 6.22.